The second-order valence-corrected chi connectivity index (χ2v) is 9.92. The number of phenols is 1. The lowest BCUT2D eigenvalue weighted by Gasteiger charge is -2.27. The van der Waals surface area contributed by atoms with E-state index in [1.54, 1.807) is 12.1 Å². The summed E-state index contributed by atoms with van der Waals surface area (Å²) in [6.45, 7) is 2.16. The first-order chi connectivity index (χ1) is 15.9. The fourth-order valence-electron chi connectivity index (χ4n) is 5.11. The van der Waals surface area contributed by atoms with E-state index in [0.717, 1.165) is 88.2 Å². The van der Waals surface area contributed by atoms with Crippen molar-refractivity contribution in [2.45, 2.75) is 109 Å². The fourth-order valence-corrected chi connectivity index (χ4v) is 5.11. The van der Waals surface area contributed by atoms with Crippen molar-refractivity contribution < 1.29 is 20.1 Å². The van der Waals surface area contributed by atoms with E-state index in [1.165, 1.54) is 12.8 Å². The van der Waals surface area contributed by atoms with E-state index < -0.39 is 12.1 Å². The molecule has 1 saturated carbocycles. The molecule has 1 aliphatic rings. The van der Waals surface area contributed by atoms with Gasteiger partial charge in [-0.2, -0.15) is 0 Å². The Morgan fingerprint density at radius 1 is 1.12 bits per heavy atom. The number of hydrogen-bond donors (Lipinski definition) is 3. The molecule has 1 fully saturated rings. The van der Waals surface area contributed by atoms with Crippen LogP contribution in [0.5, 0.6) is 5.75 Å². The lowest BCUT2D eigenvalue weighted by molar-refractivity contribution is -0.139. The smallest absolute Gasteiger partial charge is 0.303 e. The molecule has 0 heterocycles. The maximum absolute atomic E-state index is 11.3. The number of aliphatic hydroxyl groups is 1. The maximum atomic E-state index is 11.3. The molecule has 0 radical (unpaired) electrons. The quantitative estimate of drug-likeness (QED) is 0.179. The van der Waals surface area contributed by atoms with E-state index in [2.05, 4.69) is 13.0 Å². The Bertz CT molecular complexity index is 759. The minimum absolute atomic E-state index is 0.0405. The second kappa shape index (κ2) is 15.0. The molecule has 0 bridgehead atoms. The average molecular weight is 457 g/mol. The van der Waals surface area contributed by atoms with Crippen LogP contribution >= 0.6 is 0 Å². The zero-order valence-electron chi connectivity index (χ0n) is 20.5. The van der Waals surface area contributed by atoms with Crippen LogP contribution in [0.1, 0.15) is 102 Å². The number of phenolic OH excluding ortho intramolecular Hbond substituents is 1. The lowest BCUT2D eigenvalue weighted by Crippen LogP contribution is -2.20. The Kier molecular flexibility index (Phi) is 12.3. The van der Waals surface area contributed by atoms with Gasteiger partial charge in [0.25, 0.3) is 0 Å². The van der Waals surface area contributed by atoms with Gasteiger partial charge in [0.1, 0.15) is 5.75 Å². The Morgan fingerprint density at radius 3 is 2.61 bits per heavy atom. The van der Waals surface area contributed by atoms with Crippen LogP contribution in [0, 0.1) is 5.41 Å². The molecule has 1 aromatic carbocycles. The van der Waals surface area contributed by atoms with Crippen molar-refractivity contribution >= 4 is 5.97 Å². The van der Waals surface area contributed by atoms with Gasteiger partial charge in [-0.05, 0) is 73.6 Å². The second-order valence-electron chi connectivity index (χ2n) is 9.92. The van der Waals surface area contributed by atoms with Crippen LogP contribution in [0.3, 0.4) is 0 Å². The molecular weight excluding hydrogens is 412 g/mol. The van der Waals surface area contributed by atoms with E-state index in [0.29, 0.717) is 6.42 Å². The van der Waals surface area contributed by atoms with Gasteiger partial charge in [0, 0.05) is 0 Å². The number of aromatic hydroxyl groups is 1. The van der Waals surface area contributed by atoms with Crippen molar-refractivity contribution in [1.29, 1.82) is 0 Å². The summed E-state index contributed by atoms with van der Waals surface area (Å²) in [6.07, 6.45) is 20.7. The molecule has 0 saturated heterocycles. The van der Waals surface area contributed by atoms with E-state index in [9.17, 15) is 20.1 Å². The van der Waals surface area contributed by atoms with Gasteiger partial charge in [0.05, 0.1) is 12.5 Å². The van der Waals surface area contributed by atoms with Crippen LogP contribution in [-0.2, 0) is 11.2 Å². The van der Waals surface area contributed by atoms with Crippen molar-refractivity contribution in [2.75, 3.05) is 0 Å². The van der Waals surface area contributed by atoms with Crippen molar-refractivity contribution in [2.24, 2.45) is 5.41 Å². The first-order valence-electron chi connectivity index (χ1n) is 13.0. The first-order valence-corrected chi connectivity index (χ1v) is 13.0. The van der Waals surface area contributed by atoms with Gasteiger partial charge in [0.15, 0.2) is 0 Å². The van der Waals surface area contributed by atoms with Crippen LogP contribution in [0.4, 0.5) is 0 Å². The standard InChI is InChI=1S/C29H44O4/c1-2-3-6-14-26(30)17-16-24(21-25-13-11-15-27(31)22-25)12-7-4-5-8-18-29(23-28(32)33)19-9-10-20-29/h11-13,15-17,22,26,30-31H,2-10,14,18-21,23H2,1H3,(H,32,33). The summed E-state index contributed by atoms with van der Waals surface area (Å²) in [4.78, 5) is 11.3. The highest BCUT2D eigenvalue weighted by atomic mass is 16.4. The summed E-state index contributed by atoms with van der Waals surface area (Å²) in [6, 6.07) is 7.36. The van der Waals surface area contributed by atoms with Gasteiger partial charge in [0.2, 0.25) is 0 Å². The largest absolute Gasteiger partial charge is 0.508 e. The normalized spacial score (nSPS) is 17.0. The molecule has 4 nitrogen and oxygen atoms in total. The van der Waals surface area contributed by atoms with Gasteiger partial charge in [-0.15, -0.1) is 0 Å². The van der Waals surface area contributed by atoms with Gasteiger partial charge in [-0.3, -0.25) is 4.79 Å². The van der Waals surface area contributed by atoms with E-state index in [-0.39, 0.29) is 11.2 Å². The fraction of sp³-hybridized carbons (Fsp3) is 0.621. The molecule has 33 heavy (non-hydrogen) atoms. The molecule has 0 aliphatic heterocycles. The molecule has 0 aromatic heterocycles. The van der Waals surface area contributed by atoms with Crippen molar-refractivity contribution in [3.63, 3.8) is 0 Å². The third-order valence-electron chi connectivity index (χ3n) is 6.96. The lowest BCUT2D eigenvalue weighted by atomic mass is 9.78. The molecule has 1 aliphatic carbocycles. The Labute approximate surface area is 200 Å². The van der Waals surface area contributed by atoms with Crippen LogP contribution in [-0.4, -0.2) is 27.4 Å². The van der Waals surface area contributed by atoms with Crippen LogP contribution < -0.4 is 0 Å². The number of aliphatic hydroxyl groups excluding tert-OH is 1. The minimum atomic E-state index is -0.653. The molecule has 1 aromatic rings. The molecule has 2 rings (SSSR count). The summed E-state index contributed by atoms with van der Waals surface area (Å²) in [5.41, 5.74) is 2.26. The summed E-state index contributed by atoms with van der Waals surface area (Å²) in [5, 5.41) is 29.3. The highest BCUT2D eigenvalue weighted by Gasteiger charge is 2.35. The molecule has 0 amide bonds. The van der Waals surface area contributed by atoms with Gasteiger partial charge in [-0.25, -0.2) is 0 Å². The molecule has 1 unspecified atom stereocenters. The van der Waals surface area contributed by atoms with Gasteiger partial charge >= 0.3 is 5.97 Å². The Hall–Kier alpha value is -2.07. The summed E-state index contributed by atoms with van der Waals surface area (Å²) in [5.74, 6) is -0.377. The predicted octanol–water partition coefficient (Wildman–Crippen LogP) is 7.34. The molecule has 3 N–H and O–H groups in total. The van der Waals surface area contributed by atoms with Crippen LogP contribution in [0.25, 0.3) is 0 Å². The van der Waals surface area contributed by atoms with E-state index >= 15 is 0 Å². The molecule has 1 atom stereocenters. The summed E-state index contributed by atoms with van der Waals surface area (Å²) >= 11 is 0. The molecule has 0 spiro atoms. The zero-order valence-corrected chi connectivity index (χ0v) is 20.5. The highest BCUT2D eigenvalue weighted by Crippen LogP contribution is 2.45. The van der Waals surface area contributed by atoms with Gasteiger partial charge < -0.3 is 15.3 Å². The molecule has 184 valence electrons. The van der Waals surface area contributed by atoms with Crippen molar-refractivity contribution in [3.05, 3.63) is 53.6 Å². The number of allylic oxidation sites excluding steroid dienone is 3. The van der Waals surface area contributed by atoms with Gasteiger partial charge in [-0.1, -0.05) is 82.2 Å². The van der Waals surface area contributed by atoms with Crippen LogP contribution in [0.15, 0.2) is 48.1 Å². The number of hydrogen-bond acceptors (Lipinski definition) is 3. The third kappa shape index (κ3) is 11.1. The average Bonchev–Trinajstić information content (AvgIpc) is 3.22. The topological polar surface area (TPSA) is 77.8 Å². The number of benzene rings is 1. The minimum Gasteiger partial charge on any atom is -0.508 e. The monoisotopic (exact) mass is 456 g/mol. The maximum Gasteiger partial charge on any atom is 0.303 e. The first kappa shape index (κ1) is 27.2. The summed E-state index contributed by atoms with van der Waals surface area (Å²) < 4.78 is 0. The van der Waals surface area contributed by atoms with Crippen molar-refractivity contribution in [1.82, 2.24) is 0 Å². The number of carbonyl (C=O) groups is 1. The SMILES string of the molecule is CCCCCC(O)C=CC(=CCCCCCC1(CC(=O)O)CCCC1)Cc1cccc(O)c1. The highest BCUT2D eigenvalue weighted by molar-refractivity contribution is 5.67. The molecular formula is C29H44O4. The Balaban J connectivity index is 1.86. The third-order valence-corrected chi connectivity index (χ3v) is 6.96. The van der Waals surface area contributed by atoms with Crippen molar-refractivity contribution in [3.8, 4) is 5.75 Å². The number of carboxylic acids is 1. The summed E-state index contributed by atoms with van der Waals surface area (Å²) in [7, 11) is 0. The number of rotatable bonds is 16. The predicted molar refractivity (Wildman–Crippen MR) is 135 cm³/mol. The number of aliphatic carboxylic acids is 1. The molecule has 4 heteroatoms. The van der Waals surface area contributed by atoms with Crippen LogP contribution in [0.2, 0.25) is 0 Å². The van der Waals surface area contributed by atoms with E-state index in [4.69, 9.17) is 0 Å². The zero-order chi connectivity index (χ0) is 23.9. The number of carboxylic acid groups (broad SMARTS) is 1. The Morgan fingerprint density at radius 2 is 1.91 bits per heavy atom. The van der Waals surface area contributed by atoms with E-state index in [1.807, 2.05) is 24.3 Å². The number of unbranched alkanes of at least 4 members (excludes halogenated alkanes) is 5.